The fourth-order valence-corrected chi connectivity index (χ4v) is 3.19. The number of nitrogens with zero attached hydrogens (tertiary/aromatic N) is 3. The Hall–Kier alpha value is -2.68. The first-order valence-corrected chi connectivity index (χ1v) is 9.67. The van der Waals surface area contributed by atoms with Crippen LogP contribution in [0.4, 0.5) is 0 Å². The monoisotopic (exact) mass is 377 g/mol. The number of amides is 1. The average molecular weight is 377 g/mol. The van der Waals surface area contributed by atoms with Crippen LogP contribution in [-0.2, 0) is 6.54 Å². The number of hydrogen-bond donors (Lipinski definition) is 1. The molecule has 1 amide bonds. The molecule has 0 unspecified atom stereocenters. The lowest BCUT2D eigenvalue weighted by molar-refractivity contribution is 0.0761. The molecule has 0 radical (unpaired) electrons. The van der Waals surface area contributed by atoms with Crippen molar-refractivity contribution in [2.75, 3.05) is 26.2 Å². The molecule has 1 aromatic heterocycles. The van der Waals surface area contributed by atoms with Gasteiger partial charge in [0, 0.05) is 56.2 Å². The molecule has 1 aliphatic heterocycles. The molecule has 5 nitrogen and oxygen atoms in total. The maximum absolute atomic E-state index is 12.9. The summed E-state index contributed by atoms with van der Waals surface area (Å²) in [6, 6.07) is 11.3. The highest BCUT2D eigenvalue weighted by Crippen LogP contribution is 2.12. The number of aromatic nitrogens is 1. The third kappa shape index (κ3) is 5.91. The zero-order valence-electron chi connectivity index (χ0n) is 16.6. The lowest BCUT2D eigenvalue weighted by Crippen LogP contribution is -2.35. The van der Waals surface area contributed by atoms with Crippen molar-refractivity contribution in [3.8, 4) is 11.8 Å². The van der Waals surface area contributed by atoms with Crippen molar-refractivity contribution in [3.63, 3.8) is 0 Å². The van der Waals surface area contributed by atoms with Crippen LogP contribution in [0.15, 0.2) is 48.8 Å². The number of benzene rings is 1. The molecule has 0 saturated carbocycles. The Morgan fingerprint density at radius 2 is 1.93 bits per heavy atom. The minimum Gasteiger partial charge on any atom is -0.378 e. The zero-order chi connectivity index (χ0) is 20.0. The molecule has 2 heterocycles. The van der Waals surface area contributed by atoms with Crippen LogP contribution < -0.4 is 0 Å². The molecular formula is C23H27N3O2. The minimum absolute atomic E-state index is 0.0604. The van der Waals surface area contributed by atoms with Crippen LogP contribution in [0.3, 0.4) is 0 Å². The van der Waals surface area contributed by atoms with Crippen LogP contribution in [-0.4, -0.2) is 57.6 Å². The van der Waals surface area contributed by atoms with E-state index in [1.54, 1.807) is 20.0 Å². The Balaban J connectivity index is 1.59. The van der Waals surface area contributed by atoms with E-state index in [4.69, 9.17) is 0 Å². The maximum Gasteiger partial charge on any atom is 0.253 e. The lowest BCUT2D eigenvalue weighted by atomic mass is 10.1. The molecule has 0 bridgehead atoms. The second-order valence-corrected chi connectivity index (χ2v) is 7.67. The van der Waals surface area contributed by atoms with Gasteiger partial charge in [-0.1, -0.05) is 17.9 Å². The van der Waals surface area contributed by atoms with E-state index < -0.39 is 5.60 Å². The van der Waals surface area contributed by atoms with Crippen molar-refractivity contribution in [1.82, 2.24) is 14.8 Å². The van der Waals surface area contributed by atoms with Crippen molar-refractivity contribution >= 4 is 5.91 Å². The average Bonchev–Trinajstić information content (AvgIpc) is 2.92. The number of carbonyl (C=O) groups is 1. The van der Waals surface area contributed by atoms with E-state index in [2.05, 4.69) is 27.8 Å². The summed E-state index contributed by atoms with van der Waals surface area (Å²) in [4.78, 5) is 21.3. The fraction of sp³-hybridized carbons (Fsp3) is 0.391. The summed E-state index contributed by atoms with van der Waals surface area (Å²) in [5.41, 5.74) is 1.64. The smallest absolute Gasteiger partial charge is 0.253 e. The van der Waals surface area contributed by atoms with Crippen molar-refractivity contribution in [3.05, 3.63) is 65.5 Å². The normalized spacial score (nSPS) is 15.5. The highest BCUT2D eigenvalue weighted by Gasteiger charge is 2.20. The summed E-state index contributed by atoms with van der Waals surface area (Å²) < 4.78 is 0. The second-order valence-electron chi connectivity index (χ2n) is 7.67. The summed E-state index contributed by atoms with van der Waals surface area (Å²) in [5, 5.41) is 9.69. The number of pyridine rings is 1. The van der Waals surface area contributed by atoms with Crippen LogP contribution in [0.5, 0.6) is 0 Å². The maximum atomic E-state index is 12.9. The van der Waals surface area contributed by atoms with Gasteiger partial charge in [0.2, 0.25) is 0 Å². The SMILES string of the molecule is CC(C)(O)C#Cc1ccc(C(=O)N2CCCN(Cc3cccnc3)CC2)cc1. The summed E-state index contributed by atoms with van der Waals surface area (Å²) in [6.07, 6.45) is 4.64. The molecule has 1 fully saturated rings. The minimum atomic E-state index is -1.03. The molecule has 0 atom stereocenters. The summed E-state index contributed by atoms with van der Waals surface area (Å²) in [7, 11) is 0. The Morgan fingerprint density at radius 1 is 1.14 bits per heavy atom. The lowest BCUT2D eigenvalue weighted by Gasteiger charge is -2.22. The molecule has 1 saturated heterocycles. The van der Waals surface area contributed by atoms with Gasteiger partial charge in [-0.15, -0.1) is 0 Å². The molecule has 28 heavy (non-hydrogen) atoms. The molecule has 0 aliphatic carbocycles. The van der Waals surface area contributed by atoms with Gasteiger partial charge < -0.3 is 10.0 Å². The predicted molar refractivity (Wildman–Crippen MR) is 110 cm³/mol. The van der Waals surface area contributed by atoms with E-state index in [9.17, 15) is 9.90 Å². The zero-order valence-corrected chi connectivity index (χ0v) is 16.6. The predicted octanol–water partition coefficient (Wildman–Crippen LogP) is 2.55. The Morgan fingerprint density at radius 3 is 2.61 bits per heavy atom. The van der Waals surface area contributed by atoms with E-state index in [0.717, 1.165) is 44.7 Å². The highest BCUT2D eigenvalue weighted by atomic mass is 16.3. The molecule has 1 N–H and O–H groups in total. The first-order chi connectivity index (χ1) is 13.4. The number of carbonyl (C=O) groups excluding carboxylic acids is 1. The van der Waals surface area contributed by atoms with E-state index in [1.807, 2.05) is 41.4 Å². The summed E-state index contributed by atoms with van der Waals surface area (Å²) >= 11 is 0. The van der Waals surface area contributed by atoms with Crippen molar-refractivity contribution < 1.29 is 9.90 Å². The van der Waals surface area contributed by atoms with Gasteiger partial charge in [-0.2, -0.15) is 0 Å². The van der Waals surface area contributed by atoms with Crippen molar-refractivity contribution in [1.29, 1.82) is 0 Å². The number of rotatable bonds is 3. The third-order valence-corrected chi connectivity index (χ3v) is 4.65. The van der Waals surface area contributed by atoms with Gasteiger partial charge in [0.15, 0.2) is 0 Å². The van der Waals surface area contributed by atoms with Gasteiger partial charge in [-0.3, -0.25) is 14.7 Å². The van der Waals surface area contributed by atoms with Crippen LogP contribution in [0.1, 0.15) is 41.8 Å². The topological polar surface area (TPSA) is 56.7 Å². The molecule has 5 heteroatoms. The summed E-state index contributed by atoms with van der Waals surface area (Å²) in [6.45, 7) is 7.48. The highest BCUT2D eigenvalue weighted by molar-refractivity contribution is 5.94. The Labute approximate surface area is 167 Å². The molecule has 0 spiro atoms. The second kappa shape index (κ2) is 9.01. The third-order valence-electron chi connectivity index (χ3n) is 4.65. The molecule has 146 valence electrons. The Bertz CT molecular complexity index is 845. The van der Waals surface area contributed by atoms with Gasteiger partial charge in [-0.25, -0.2) is 0 Å². The van der Waals surface area contributed by atoms with E-state index >= 15 is 0 Å². The number of aliphatic hydroxyl groups is 1. The van der Waals surface area contributed by atoms with Gasteiger partial charge in [0.05, 0.1) is 0 Å². The van der Waals surface area contributed by atoms with Crippen LogP contribution in [0, 0.1) is 11.8 Å². The van der Waals surface area contributed by atoms with Gasteiger partial charge in [-0.05, 0) is 56.2 Å². The molecule has 1 aliphatic rings. The molecule has 1 aromatic carbocycles. The first kappa shape index (κ1) is 20.1. The largest absolute Gasteiger partial charge is 0.378 e. The summed E-state index contributed by atoms with van der Waals surface area (Å²) in [5.74, 6) is 5.78. The van der Waals surface area contributed by atoms with Crippen LogP contribution >= 0.6 is 0 Å². The van der Waals surface area contributed by atoms with Gasteiger partial charge in [0.1, 0.15) is 5.60 Å². The fourth-order valence-electron chi connectivity index (χ4n) is 3.19. The van der Waals surface area contributed by atoms with E-state index in [-0.39, 0.29) is 5.91 Å². The standard InChI is InChI=1S/C23H27N3O2/c1-23(2,28)11-10-19-6-8-21(9-7-19)22(27)26-14-4-13-25(15-16-26)18-20-5-3-12-24-17-20/h3,5-9,12,17,28H,4,13-16,18H2,1-2H3. The van der Waals surface area contributed by atoms with Crippen LogP contribution in [0.25, 0.3) is 0 Å². The van der Waals surface area contributed by atoms with E-state index in [0.29, 0.717) is 5.56 Å². The Kier molecular flexibility index (Phi) is 6.45. The van der Waals surface area contributed by atoms with Crippen molar-refractivity contribution in [2.24, 2.45) is 0 Å². The van der Waals surface area contributed by atoms with Crippen LogP contribution in [0.2, 0.25) is 0 Å². The first-order valence-electron chi connectivity index (χ1n) is 9.67. The van der Waals surface area contributed by atoms with E-state index in [1.165, 1.54) is 5.56 Å². The van der Waals surface area contributed by atoms with Crippen molar-refractivity contribution in [2.45, 2.75) is 32.4 Å². The van der Waals surface area contributed by atoms with Gasteiger partial charge >= 0.3 is 0 Å². The molecule has 3 rings (SSSR count). The molecule has 2 aromatic rings. The molecular weight excluding hydrogens is 350 g/mol. The van der Waals surface area contributed by atoms with Gasteiger partial charge in [0.25, 0.3) is 5.91 Å². The number of hydrogen-bond acceptors (Lipinski definition) is 4. The quantitative estimate of drug-likeness (QED) is 0.836.